The smallest absolute Gasteiger partial charge is 0.417 e. The van der Waals surface area contributed by atoms with Crippen molar-refractivity contribution in [3.8, 4) is 0 Å². The maximum absolute atomic E-state index is 13.8. The van der Waals surface area contributed by atoms with E-state index < -0.39 is 23.5 Å². The Labute approximate surface area is 212 Å². The zero-order valence-electron chi connectivity index (χ0n) is 20.5. The second-order valence-electron chi connectivity index (χ2n) is 9.50. The molecule has 8 nitrogen and oxygen atoms in total. The van der Waals surface area contributed by atoms with Crippen molar-refractivity contribution in [1.29, 1.82) is 0 Å². The molecule has 2 aliphatic rings. The minimum atomic E-state index is -4.84. The summed E-state index contributed by atoms with van der Waals surface area (Å²) in [6.45, 7) is 5.46. The van der Waals surface area contributed by atoms with E-state index in [0.29, 0.717) is 25.0 Å². The van der Waals surface area contributed by atoms with Crippen LogP contribution in [0.15, 0.2) is 53.1 Å². The molecule has 0 spiro atoms. The number of piperidine rings is 1. The molecule has 3 aromatic rings. The average molecular weight is 515 g/mol. The Kier molecular flexibility index (Phi) is 7.05. The number of nitrogens with one attached hydrogen (secondary N) is 2. The van der Waals surface area contributed by atoms with Crippen LogP contribution in [0.2, 0.25) is 0 Å². The monoisotopic (exact) mass is 514 g/mol. The number of carbonyl (C=O) groups excluding carboxylic acids is 1. The molecule has 4 heterocycles. The highest BCUT2D eigenvalue weighted by Crippen LogP contribution is 2.36. The van der Waals surface area contributed by atoms with Gasteiger partial charge in [0.15, 0.2) is 5.69 Å². The van der Waals surface area contributed by atoms with Gasteiger partial charge in [-0.3, -0.25) is 4.79 Å². The van der Waals surface area contributed by atoms with Crippen molar-refractivity contribution in [1.82, 2.24) is 15.3 Å². The molecule has 2 N–H and O–H groups in total. The summed E-state index contributed by atoms with van der Waals surface area (Å²) < 4.78 is 46.7. The Morgan fingerprint density at radius 3 is 2.49 bits per heavy atom. The number of hydrogen-bond donors (Lipinski definition) is 2. The maximum atomic E-state index is 13.8. The van der Waals surface area contributed by atoms with Crippen molar-refractivity contribution < 1.29 is 22.4 Å². The summed E-state index contributed by atoms with van der Waals surface area (Å²) >= 11 is 0. The summed E-state index contributed by atoms with van der Waals surface area (Å²) in [6.07, 6.45) is -1.91. The highest BCUT2D eigenvalue weighted by atomic mass is 19.4. The molecule has 11 heteroatoms. The Balaban J connectivity index is 1.28. The van der Waals surface area contributed by atoms with E-state index in [1.807, 2.05) is 18.2 Å². The van der Waals surface area contributed by atoms with E-state index in [9.17, 15) is 18.0 Å². The van der Waals surface area contributed by atoms with E-state index in [-0.39, 0.29) is 11.7 Å². The molecule has 0 aliphatic carbocycles. The summed E-state index contributed by atoms with van der Waals surface area (Å²) in [5.74, 6) is -0.816. The molecule has 2 aromatic heterocycles. The average Bonchev–Trinajstić information content (AvgIpc) is 3.37. The molecule has 2 fully saturated rings. The number of pyridine rings is 1. The number of nitrogens with zero attached hydrogens (tertiary/aromatic N) is 4. The fourth-order valence-electron chi connectivity index (χ4n) is 4.89. The van der Waals surface area contributed by atoms with Gasteiger partial charge < -0.3 is 24.9 Å². The molecular weight excluding hydrogens is 485 g/mol. The molecule has 1 aromatic carbocycles. The molecule has 37 heavy (non-hydrogen) atoms. The number of halogens is 3. The Morgan fingerprint density at radius 2 is 1.84 bits per heavy atom. The molecule has 5 rings (SSSR count). The van der Waals surface area contributed by atoms with E-state index in [1.165, 1.54) is 11.8 Å². The standard InChI is InChI=1S/C26H29F3N6O2/c1-17-16-35(14-11-30-17)21-8-7-20(15-31-21)32-24(36)22-23(26(27,28)29)33-25(37-22)34-12-9-19(10-13-34)18-5-3-2-4-6-18/h2-8,15,17,19,30H,9-14,16H2,1H3,(H,32,36). The van der Waals surface area contributed by atoms with Crippen LogP contribution in [0.5, 0.6) is 0 Å². The van der Waals surface area contributed by atoms with Gasteiger partial charge in [0.25, 0.3) is 11.9 Å². The van der Waals surface area contributed by atoms with Crippen molar-refractivity contribution in [2.24, 2.45) is 0 Å². The fraction of sp³-hybridized carbons (Fsp3) is 0.423. The second kappa shape index (κ2) is 10.4. The quantitative estimate of drug-likeness (QED) is 0.518. The van der Waals surface area contributed by atoms with E-state index in [1.54, 1.807) is 17.0 Å². The van der Waals surface area contributed by atoms with Crippen molar-refractivity contribution in [3.05, 3.63) is 65.7 Å². The first-order valence-corrected chi connectivity index (χ1v) is 12.4. The van der Waals surface area contributed by atoms with Gasteiger partial charge in [-0.25, -0.2) is 4.98 Å². The summed E-state index contributed by atoms with van der Waals surface area (Å²) in [6, 6.07) is 13.5. The SMILES string of the molecule is CC1CN(c2ccc(NC(=O)c3oc(N4CCC(c5ccccc5)CC4)nc3C(F)(F)F)cn2)CCN1. The van der Waals surface area contributed by atoms with Crippen LogP contribution in [0, 0.1) is 0 Å². The largest absolute Gasteiger partial charge is 0.437 e. The summed E-state index contributed by atoms with van der Waals surface area (Å²) in [4.78, 5) is 24.7. The molecule has 0 radical (unpaired) electrons. The van der Waals surface area contributed by atoms with Crippen LogP contribution < -0.4 is 20.4 Å². The zero-order valence-corrected chi connectivity index (χ0v) is 20.5. The lowest BCUT2D eigenvalue weighted by Gasteiger charge is -2.32. The molecule has 2 saturated heterocycles. The van der Waals surface area contributed by atoms with Gasteiger partial charge >= 0.3 is 6.18 Å². The molecule has 1 amide bonds. The first kappa shape index (κ1) is 25.1. The lowest BCUT2D eigenvalue weighted by Crippen LogP contribution is -2.49. The van der Waals surface area contributed by atoms with Crippen LogP contribution in [0.25, 0.3) is 0 Å². The predicted molar refractivity (Wildman–Crippen MR) is 134 cm³/mol. The van der Waals surface area contributed by atoms with Crippen LogP contribution in [-0.4, -0.2) is 54.6 Å². The normalized spacial score (nSPS) is 19.2. The fourth-order valence-corrected chi connectivity index (χ4v) is 4.89. The van der Waals surface area contributed by atoms with Gasteiger partial charge in [-0.2, -0.15) is 18.2 Å². The van der Waals surface area contributed by atoms with Gasteiger partial charge in [-0.1, -0.05) is 30.3 Å². The molecule has 1 unspecified atom stereocenters. The summed E-state index contributed by atoms with van der Waals surface area (Å²) in [5.41, 5.74) is 0.146. The number of alkyl halides is 3. The van der Waals surface area contributed by atoms with Gasteiger partial charge in [0, 0.05) is 38.8 Å². The zero-order chi connectivity index (χ0) is 26.0. The molecule has 1 atom stereocenters. The molecule has 2 aliphatic heterocycles. The number of carbonyl (C=O) groups is 1. The molecule has 0 saturated carbocycles. The molecular formula is C26H29F3N6O2. The van der Waals surface area contributed by atoms with Crippen LogP contribution in [0.4, 0.5) is 30.7 Å². The van der Waals surface area contributed by atoms with E-state index in [0.717, 1.165) is 38.3 Å². The maximum Gasteiger partial charge on any atom is 0.437 e. The number of oxazole rings is 1. The second-order valence-corrected chi connectivity index (χ2v) is 9.50. The van der Waals surface area contributed by atoms with Crippen molar-refractivity contribution >= 4 is 23.4 Å². The van der Waals surface area contributed by atoms with Gasteiger partial charge in [0.05, 0.1) is 11.9 Å². The van der Waals surface area contributed by atoms with Crippen molar-refractivity contribution in [2.45, 2.75) is 37.9 Å². The van der Waals surface area contributed by atoms with Crippen LogP contribution in [0.3, 0.4) is 0 Å². The van der Waals surface area contributed by atoms with Crippen LogP contribution in [-0.2, 0) is 6.18 Å². The van der Waals surface area contributed by atoms with Gasteiger partial charge in [0.2, 0.25) is 5.76 Å². The van der Waals surface area contributed by atoms with E-state index in [2.05, 4.69) is 44.6 Å². The number of rotatable bonds is 5. The minimum Gasteiger partial charge on any atom is -0.417 e. The Morgan fingerprint density at radius 1 is 1.08 bits per heavy atom. The summed E-state index contributed by atoms with van der Waals surface area (Å²) in [7, 11) is 0. The highest BCUT2D eigenvalue weighted by Gasteiger charge is 2.42. The number of piperazine rings is 1. The Bertz CT molecular complexity index is 1210. The van der Waals surface area contributed by atoms with Crippen LogP contribution >= 0.6 is 0 Å². The Hall–Kier alpha value is -3.60. The molecule has 0 bridgehead atoms. The van der Waals surface area contributed by atoms with E-state index >= 15 is 0 Å². The van der Waals surface area contributed by atoms with Gasteiger partial charge in [-0.05, 0) is 43.4 Å². The first-order chi connectivity index (χ1) is 17.8. The summed E-state index contributed by atoms with van der Waals surface area (Å²) in [5, 5.41) is 5.82. The van der Waals surface area contributed by atoms with Crippen LogP contribution in [0.1, 0.15) is 47.5 Å². The number of benzene rings is 1. The van der Waals surface area contributed by atoms with Gasteiger partial charge in [-0.15, -0.1) is 0 Å². The van der Waals surface area contributed by atoms with Crippen molar-refractivity contribution in [3.63, 3.8) is 0 Å². The first-order valence-electron chi connectivity index (χ1n) is 12.4. The highest BCUT2D eigenvalue weighted by molar-refractivity contribution is 6.03. The number of anilines is 3. The van der Waals surface area contributed by atoms with Gasteiger partial charge in [0.1, 0.15) is 5.82 Å². The lowest BCUT2D eigenvalue weighted by molar-refractivity contribution is -0.141. The third kappa shape index (κ3) is 5.71. The number of aromatic nitrogens is 2. The lowest BCUT2D eigenvalue weighted by atomic mass is 9.90. The minimum absolute atomic E-state index is 0.190. The molecule has 196 valence electrons. The third-order valence-electron chi connectivity index (χ3n) is 6.83. The van der Waals surface area contributed by atoms with E-state index in [4.69, 9.17) is 4.42 Å². The van der Waals surface area contributed by atoms with Crippen molar-refractivity contribution in [2.75, 3.05) is 47.8 Å². The number of amides is 1. The third-order valence-corrected chi connectivity index (χ3v) is 6.83. The number of hydrogen-bond acceptors (Lipinski definition) is 7. The topological polar surface area (TPSA) is 86.5 Å². The predicted octanol–water partition coefficient (Wildman–Crippen LogP) is 4.52.